The fraction of sp³-hybridized carbons (Fsp3) is 0.312. The van der Waals surface area contributed by atoms with Crippen molar-refractivity contribution in [2.24, 2.45) is 5.73 Å². The highest BCUT2D eigenvalue weighted by molar-refractivity contribution is 14.1. The van der Waals surface area contributed by atoms with Gasteiger partial charge in [0.1, 0.15) is 19.5 Å². The van der Waals surface area contributed by atoms with Crippen LogP contribution in [0.25, 0.3) is 11.2 Å². The first kappa shape index (κ1) is 17.6. The third-order valence-electron chi connectivity index (χ3n) is 3.91. The predicted molar refractivity (Wildman–Crippen MR) is 108 cm³/mol. The van der Waals surface area contributed by atoms with E-state index in [0.29, 0.717) is 37.6 Å². The van der Waals surface area contributed by atoms with Crippen LogP contribution in [0.5, 0.6) is 11.5 Å². The lowest BCUT2D eigenvalue weighted by molar-refractivity contribution is 0.171. The van der Waals surface area contributed by atoms with Gasteiger partial charge in [0.05, 0.1) is 0 Å². The Labute approximate surface area is 167 Å². The Morgan fingerprint density at radius 3 is 2.73 bits per heavy atom. The van der Waals surface area contributed by atoms with Gasteiger partial charge in [-0.2, -0.15) is 0 Å². The maximum atomic E-state index is 5.98. The third-order valence-corrected chi connectivity index (χ3v) is 6.22. The van der Waals surface area contributed by atoms with E-state index in [9.17, 15) is 0 Å². The van der Waals surface area contributed by atoms with Crippen LogP contribution in [0.2, 0.25) is 0 Å². The maximum Gasteiger partial charge on any atom is 0.175 e. The van der Waals surface area contributed by atoms with Crippen LogP contribution in [-0.2, 0) is 6.54 Å². The lowest BCUT2D eigenvalue weighted by atomic mass is 10.3. The number of anilines is 1. The van der Waals surface area contributed by atoms with Crippen molar-refractivity contribution in [1.82, 2.24) is 19.5 Å². The molecule has 0 atom stereocenters. The molecule has 1 aliphatic heterocycles. The van der Waals surface area contributed by atoms with Crippen molar-refractivity contribution < 1.29 is 9.47 Å². The Balaban J connectivity index is 1.76. The average Bonchev–Trinajstić information content (AvgIpc) is 2.99. The van der Waals surface area contributed by atoms with Crippen molar-refractivity contribution in [2.45, 2.75) is 23.0 Å². The SMILES string of the molecule is NCCCn1c(Sc2cc3c(cc2I)OCCO3)nc2c(N)ncnc21. The van der Waals surface area contributed by atoms with E-state index in [1.165, 1.54) is 6.33 Å². The van der Waals surface area contributed by atoms with Crippen molar-refractivity contribution in [3.8, 4) is 11.5 Å². The van der Waals surface area contributed by atoms with Crippen molar-refractivity contribution in [3.63, 3.8) is 0 Å². The Morgan fingerprint density at radius 1 is 1.19 bits per heavy atom. The van der Waals surface area contributed by atoms with E-state index in [1.54, 1.807) is 11.8 Å². The molecule has 4 N–H and O–H groups in total. The highest BCUT2D eigenvalue weighted by Gasteiger charge is 2.19. The number of halogens is 1. The quantitative estimate of drug-likeness (QED) is 0.531. The number of imidazole rings is 1. The summed E-state index contributed by atoms with van der Waals surface area (Å²) in [6.45, 7) is 2.43. The first-order valence-corrected chi connectivity index (χ1v) is 10.0. The normalized spacial score (nSPS) is 13.3. The van der Waals surface area contributed by atoms with E-state index in [0.717, 1.165) is 37.2 Å². The zero-order valence-corrected chi connectivity index (χ0v) is 16.8. The molecule has 0 radical (unpaired) electrons. The second kappa shape index (κ2) is 7.45. The number of hydrogen-bond acceptors (Lipinski definition) is 8. The minimum atomic E-state index is 0.375. The van der Waals surface area contributed by atoms with Crippen LogP contribution >= 0.6 is 34.4 Å². The second-order valence-corrected chi connectivity index (χ2v) is 7.82. The van der Waals surface area contributed by atoms with Crippen molar-refractivity contribution in [2.75, 3.05) is 25.5 Å². The number of aromatic nitrogens is 4. The number of fused-ring (bicyclic) bond motifs is 2. The molecule has 0 unspecified atom stereocenters. The van der Waals surface area contributed by atoms with Gasteiger partial charge >= 0.3 is 0 Å². The van der Waals surface area contributed by atoms with Gasteiger partial charge in [0.25, 0.3) is 0 Å². The molecule has 3 heterocycles. The van der Waals surface area contributed by atoms with E-state index < -0.39 is 0 Å². The molecule has 4 rings (SSSR count). The molecule has 0 saturated heterocycles. The molecule has 8 nitrogen and oxygen atoms in total. The fourth-order valence-electron chi connectivity index (χ4n) is 2.68. The largest absolute Gasteiger partial charge is 0.486 e. The number of benzene rings is 1. The van der Waals surface area contributed by atoms with Crippen molar-refractivity contribution in [1.29, 1.82) is 0 Å². The number of rotatable bonds is 5. The molecular weight excluding hydrogens is 467 g/mol. The Kier molecular flexibility index (Phi) is 5.05. The summed E-state index contributed by atoms with van der Waals surface area (Å²) in [6.07, 6.45) is 2.28. The molecular formula is C16H17IN6O2S. The van der Waals surface area contributed by atoms with Gasteiger partial charge in [0.15, 0.2) is 33.6 Å². The smallest absolute Gasteiger partial charge is 0.175 e. The minimum absolute atomic E-state index is 0.375. The number of hydrogen-bond donors (Lipinski definition) is 2. The molecule has 0 aliphatic carbocycles. The molecule has 0 bridgehead atoms. The molecule has 1 aliphatic rings. The Bertz CT molecular complexity index is 964. The number of nitrogens with zero attached hydrogens (tertiary/aromatic N) is 4. The topological polar surface area (TPSA) is 114 Å². The first-order valence-electron chi connectivity index (χ1n) is 8.11. The summed E-state index contributed by atoms with van der Waals surface area (Å²) in [6, 6.07) is 3.97. The summed E-state index contributed by atoms with van der Waals surface area (Å²) < 4.78 is 14.4. The van der Waals surface area contributed by atoms with Crippen LogP contribution in [0.1, 0.15) is 6.42 Å². The van der Waals surface area contributed by atoms with E-state index in [4.69, 9.17) is 20.9 Å². The van der Waals surface area contributed by atoms with E-state index >= 15 is 0 Å². The van der Waals surface area contributed by atoms with Gasteiger partial charge in [0, 0.05) is 15.0 Å². The van der Waals surface area contributed by atoms with E-state index in [1.807, 2.05) is 16.7 Å². The summed E-state index contributed by atoms with van der Waals surface area (Å²) in [7, 11) is 0. The zero-order valence-electron chi connectivity index (χ0n) is 13.8. The minimum Gasteiger partial charge on any atom is -0.486 e. The standard InChI is InChI=1S/C16H17IN6O2S/c17-9-6-10-11(25-5-4-24-10)7-12(9)26-16-22-13-14(19)20-8-21-15(13)23(16)3-1-2-18/h6-8H,1-5,18H2,(H2,19,20,21). The average molecular weight is 484 g/mol. The highest BCUT2D eigenvalue weighted by atomic mass is 127. The first-order chi connectivity index (χ1) is 12.7. The van der Waals surface area contributed by atoms with Crippen LogP contribution in [-0.4, -0.2) is 39.3 Å². The van der Waals surface area contributed by atoms with Crippen LogP contribution in [0.15, 0.2) is 28.5 Å². The maximum absolute atomic E-state index is 5.98. The van der Waals surface area contributed by atoms with Gasteiger partial charge in [0.2, 0.25) is 0 Å². The number of nitrogen functional groups attached to an aromatic ring is 1. The summed E-state index contributed by atoms with van der Waals surface area (Å²) in [5.41, 5.74) is 13.0. The molecule has 0 saturated carbocycles. The van der Waals surface area contributed by atoms with Gasteiger partial charge in [-0.05, 0) is 47.7 Å². The second-order valence-electron chi connectivity index (χ2n) is 5.65. The van der Waals surface area contributed by atoms with Gasteiger partial charge in [-0.3, -0.25) is 0 Å². The van der Waals surface area contributed by atoms with Crippen LogP contribution in [0.3, 0.4) is 0 Å². The molecule has 0 amide bonds. The van der Waals surface area contributed by atoms with Crippen molar-refractivity contribution >= 4 is 51.3 Å². The molecule has 136 valence electrons. The lowest BCUT2D eigenvalue weighted by Crippen LogP contribution is -2.15. The van der Waals surface area contributed by atoms with E-state index in [-0.39, 0.29) is 0 Å². The van der Waals surface area contributed by atoms with Gasteiger partial charge in [-0.15, -0.1) is 0 Å². The predicted octanol–water partition coefficient (Wildman–Crippen LogP) is 2.28. The number of nitrogens with two attached hydrogens (primary N) is 2. The number of ether oxygens (including phenoxy) is 2. The summed E-state index contributed by atoms with van der Waals surface area (Å²) in [5.74, 6) is 1.90. The Morgan fingerprint density at radius 2 is 1.96 bits per heavy atom. The fourth-order valence-corrected chi connectivity index (χ4v) is 4.40. The Hall–Kier alpha value is -1.79. The molecule has 2 aromatic heterocycles. The molecule has 10 heteroatoms. The van der Waals surface area contributed by atoms with Crippen molar-refractivity contribution in [3.05, 3.63) is 22.0 Å². The summed E-state index contributed by atoms with van der Waals surface area (Å²) in [5, 5.41) is 0.801. The zero-order chi connectivity index (χ0) is 18.1. The van der Waals surface area contributed by atoms with Crippen LogP contribution in [0, 0.1) is 3.57 Å². The molecule has 3 aromatic rings. The van der Waals surface area contributed by atoms with Crippen LogP contribution in [0.4, 0.5) is 5.82 Å². The molecule has 0 fully saturated rings. The monoisotopic (exact) mass is 484 g/mol. The lowest BCUT2D eigenvalue weighted by Gasteiger charge is -2.19. The summed E-state index contributed by atoms with van der Waals surface area (Å²) >= 11 is 3.84. The van der Waals surface area contributed by atoms with Crippen LogP contribution < -0.4 is 20.9 Å². The summed E-state index contributed by atoms with van der Waals surface area (Å²) in [4.78, 5) is 14.1. The molecule has 1 aromatic carbocycles. The highest BCUT2D eigenvalue weighted by Crippen LogP contribution is 2.40. The third kappa shape index (κ3) is 3.28. The molecule has 26 heavy (non-hydrogen) atoms. The van der Waals surface area contributed by atoms with Gasteiger partial charge < -0.3 is 25.5 Å². The number of aryl methyl sites for hydroxylation is 1. The van der Waals surface area contributed by atoms with Gasteiger partial charge in [-0.1, -0.05) is 11.8 Å². The molecule has 0 spiro atoms. The van der Waals surface area contributed by atoms with E-state index in [2.05, 4.69) is 37.5 Å². The van der Waals surface area contributed by atoms with Gasteiger partial charge in [-0.25, -0.2) is 15.0 Å².